The van der Waals surface area contributed by atoms with Crippen LogP contribution in [0.3, 0.4) is 0 Å². The summed E-state index contributed by atoms with van der Waals surface area (Å²) in [4.78, 5) is 29.1. The summed E-state index contributed by atoms with van der Waals surface area (Å²) < 4.78 is 0. The quantitative estimate of drug-likeness (QED) is 0.838. The van der Waals surface area contributed by atoms with E-state index in [0.29, 0.717) is 17.9 Å². The third kappa shape index (κ3) is 4.50. The molecule has 1 unspecified atom stereocenters. The molecule has 1 saturated heterocycles. The van der Waals surface area contributed by atoms with Crippen molar-refractivity contribution in [2.24, 2.45) is 5.92 Å². The van der Waals surface area contributed by atoms with Crippen LogP contribution in [0.1, 0.15) is 64.7 Å². The second kappa shape index (κ2) is 8.32. The second-order valence-electron chi connectivity index (χ2n) is 7.94. The summed E-state index contributed by atoms with van der Waals surface area (Å²) in [6.45, 7) is 5.17. The van der Waals surface area contributed by atoms with E-state index in [2.05, 4.69) is 10.2 Å². The van der Waals surface area contributed by atoms with Crippen LogP contribution in [0.5, 0.6) is 0 Å². The normalized spacial score (nSPS) is 25.1. The maximum absolute atomic E-state index is 12.4. The molecule has 0 aromatic rings. The van der Waals surface area contributed by atoms with Crippen LogP contribution in [0.25, 0.3) is 0 Å². The molecule has 3 aliphatic rings. The zero-order valence-corrected chi connectivity index (χ0v) is 15.1. The van der Waals surface area contributed by atoms with Crippen LogP contribution in [0.15, 0.2) is 0 Å². The third-order valence-electron chi connectivity index (χ3n) is 6.23. The Kier molecular flexibility index (Phi) is 6.14. The number of amides is 2. The summed E-state index contributed by atoms with van der Waals surface area (Å²) >= 11 is 0. The summed E-state index contributed by atoms with van der Waals surface area (Å²) in [6.07, 6.45) is 10.5. The van der Waals surface area contributed by atoms with Gasteiger partial charge >= 0.3 is 0 Å². The molecule has 0 spiro atoms. The van der Waals surface area contributed by atoms with Crippen LogP contribution in [0.4, 0.5) is 0 Å². The first-order valence-electron chi connectivity index (χ1n) is 9.95. The fourth-order valence-electron chi connectivity index (χ4n) is 4.51. The molecular formula is C19H33N3O2. The molecule has 24 heavy (non-hydrogen) atoms. The highest BCUT2D eigenvalue weighted by atomic mass is 16.2. The van der Waals surface area contributed by atoms with Gasteiger partial charge in [-0.1, -0.05) is 25.7 Å². The van der Waals surface area contributed by atoms with Gasteiger partial charge in [0.15, 0.2) is 0 Å². The fraction of sp³-hybridized carbons (Fsp3) is 0.895. The Labute approximate surface area is 146 Å². The van der Waals surface area contributed by atoms with E-state index in [1.54, 1.807) is 0 Å². The van der Waals surface area contributed by atoms with Gasteiger partial charge < -0.3 is 10.2 Å². The average molecular weight is 335 g/mol. The lowest BCUT2D eigenvalue weighted by Crippen LogP contribution is -2.55. The predicted octanol–water partition coefficient (Wildman–Crippen LogP) is 2.16. The standard InChI is InChI=1S/C19H33N3O2/c1-15(19(24)20-17-8-4-5-9-17)21-10-12-22(13-11-21)18(23)14-16-6-2-3-7-16/h15-17H,2-14H2,1H3,(H,20,24). The molecule has 3 fully saturated rings. The second-order valence-corrected chi connectivity index (χ2v) is 7.94. The van der Waals surface area contributed by atoms with Gasteiger partial charge in [-0.2, -0.15) is 0 Å². The van der Waals surface area contributed by atoms with E-state index in [9.17, 15) is 9.59 Å². The molecule has 0 aromatic carbocycles. The minimum absolute atomic E-state index is 0.0855. The number of rotatable bonds is 5. The molecule has 2 aliphatic carbocycles. The molecule has 0 aromatic heterocycles. The van der Waals surface area contributed by atoms with Crippen LogP contribution < -0.4 is 5.32 Å². The van der Waals surface area contributed by atoms with Gasteiger partial charge in [-0.3, -0.25) is 14.5 Å². The summed E-state index contributed by atoms with van der Waals surface area (Å²) in [6, 6.07) is 0.298. The number of piperazine rings is 1. The Morgan fingerprint density at radius 3 is 2.17 bits per heavy atom. The van der Waals surface area contributed by atoms with Gasteiger partial charge in [0.2, 0.25) is 11.8 Å². The molecule has 5 heteroatoms. The number of hydrogen-bond acceptors (Lipinski definition) is 3. The van der Waals surface area contributed by atoms with Crippen LogP contribution in [0, 0.1) is 5.92 Å². The zero-order chi connectivity index (χ0) is 16.9. The van der Waals surface area contributed by atoms with Crippen molar-refractivity contribution in [3.8, 4) is 0 Å². The smallest absolute Gasteiger partial charge is 0.237 e. The lowest BCUT2D eigenvalue weighted by molar-refractivity contribution is -0.135. The summed E-state index contributed by atoms with van der Waals surface area (Å²) in [5, 5.41) is 3.20. The van der Waals surface area contributed by atoms with Gasteiger partial charge in [0, 0.05) is 38.6 Å². The van der Waals surface area contributed by atoms with Crippen molar-refractivity contribution < 1.29 is 9.59 Å². The molecule has 0 bridgehead atoms. The number of hydrogen-bond donors (Lipinski definition) is 1. The topological polar surface area (TPSA) is 52.7 Å². The largest absolute Gasteiger partial charge is 0.352 e. The predicted molar refractivity (Wildman–Crippen MR) is 94.6 cm³/mol. The van der Waals surface area contributed by atoms with Gasteiger partial charge in [-0.25, -0.2) is 0 Å². The molecule has 1 atom stereocenters. The van der Waals surface area contributed by atoms with E-state index in [0.717, 1.165) is 45.4 Å². The highest BCUT2D eigenvalue weighted by Crippen LogP contribution is 2.28. The van der Waals surface area contributed by atoms with Crippen LogP contribution in [-0.2, 0) is 9.59 Å². The lowest BCUT2D eigenvalue weighted by Gasteiger charge is -2.38. The van der Waals surface area contributed by atoms with E-state index < -0.39 is 0 Å². The van der Waals surface area contributed by atoms with Crippen molar-refractivity contribution in [3.05, 3.63) is 0 Å². The molecule has 1 N–H and O–H groups in total. The molecular weight excluding hydrogens is 302 g/mol. The van der Waals surface area contributed by atoms with Crippen molar-refractivity contribution in [1.29, 1.82) is 0 Å². The molecule has 136 valence electrons. The van der Waals surface area contributed by atoms with Crippen molar-refractivity contribution >= 4 is 11.8 Å². The van der Waals surface area contributed by atoms with Crippen molar-refractivity contribution in [3.63, 3.8) is 0 Å². The Morgan fingerprint density at radius 1 is 0.958 bits per heavy atom. The molecule has 1 heterocycles. The van der Waals surface area contributed by atoms with Gasteiger partial charge in [0.25, 0.3) is 0 Å². The third-order valence-corrected chi connectivity index (χ3v) is 6.23. The summed E-state index contributed by atoms with van der Waals surface area (Å²) in [7, 11) is 0. The maximum Gasteiger partial charge on any atom is 0.237 e. The van der Waals surface area contributed by atoms with Crippen molar-refractivity contribution in [2.75, 3.05) is 26.2 Å². The number of nitrogens with zero attached hydrogens (tertiary/aromatic N) is 2. The molecule has 3 rings (SSSR count). The minimum Gasteiger partial charge on any atom is -0.352 e. The molecule has 0 radical (unpaired) electrons. The fourth-order valence-corrected chi connectivity index (χ4v) is 4.51. The Hall–Kier alpha value is -1.10. The highest BCUT2D eigenvalue weighted by Gasteiger charge is 2.30. The maximum atomic E-state index is 12.4. The number of nitrogens with one attached hydrogen (secondary N) is 1. The van der Waals surface area contributed by atoms with Crippen LogP contribution in [-0.4, -0.2) is 59.9 Å². The van der Waals surface area contributed by atoms with E-state index >= 15 is 0 Å². The number of carbonyl (C=O) groups is 2. The first kappa shape index (κ1) is 17.7. The summed E-state index contributed by atoms with van der Waals surface area (Å²) in [5.41, 5.74) is 0. The van der Waals surface area contributed by atoms with E-state index in [4.69, 9.17) is 0 Å². The van der Waals surface area contributed by atoms with Crippen molar-refractivity contribution in [1.82, 2.24) is 15.1 Å². The Balaban J connectivity index is 1.40. The lowest BCUT2D eigenvalue weighted by atomic mass is 10.0. The SMILES string of the molecule is CC(C(=O)NC1CCCC1)N1CCN(C(=O)CC2CCCC2)CC1. The molecule has 2 amide bonds. The molecule has 5 nitrogen and oxygen atoms in total. The first-order valence-corrected chi connectivity index (χ1v) is 9.95. The molecule has 2 saturated carbocycles. The summed E-state index contributed by atoms with van der Waals surface area (Å²) in [5.74, 6) is 1.10. The first-order chi connectivity index (χ1) is 11.6. The number of carbonyl (C=O) groups excluding carboxylic acids is 2. The van der Waals surface area contributed by atoms with Gasteiger partial charge in [-0.15, -0.1) is 0 Å². The van der Waals surface area contributed by atoms with Gasteiger partial charge in [-0.05, 0) is 38.5 Å². The van der Waals surface area contributed by atoms with Crippen LogP contribution in [0.2, 0.25) is 0 Å². The van der Waals surface area contributed by atoms with Gasteiger partial charge in [0.1, 0.15) is 0 Å². The average Bonchev–Trinajstić information content (AvgIpc) is 3.28. The minimum atomic E-state index is -0.0855. The Bertz CT molecular complexity index is 434. The van der Waals surface area contributed by atoms with E-state index in [1.807, 2.05) is 11.8 Å². The highest BCUT2D eigenvalue weighted by molar-refractivity contribution is 5.81. The van der Waals surface area contributed by atoms with Crippen LogP contribution >= 0.6 is 0 Å². The zero-order valence-electron chi connectivity index (χ0n) is 15.1. The molecule has 1 aliphatic heterocycles. The van der Waals surface area contributed by atoms with E-state index in [-0.39, 0.29) is 11.9 Å². The van der Waals surface area contributed by atoms with E-state index in [1.165, 1.54) is 38.5 Å². The Morgan fingerprint density at radius 2 is 1.54 bits per heavy atom. The monoisotopic (exact) mass is 335 g/mol. The van der Waals surface area contributed by atoms with Gasteiger partial charge in [0.05, 0.1) is 6.04 Å². The van der Waals surface area contributed by atoms with Crippen molar-refractivity contribution in [2.45, 2.75) is 76.8 Å².